The Morgan fingerprint density at radius 3 is 2.56 bits per heavy atom. The molecule has 3 rings (SSSR count). The summed E-state index contributed by atoms with van der Waals surface area (Å²) in [6, 6.07) is 16.2. The van der Waals surface area contributed by atoms with Gasteiger partial charge in [0.05, 0.1) is 18.2 Å². The SMILES string of the molecule is CC(C)CCOc1cccc(C2C(C(=O)/C=C/c3ccccc3)=C(O)C(=O)N2CCN(C)C)c1. The molecule has 0 radical (unpaired) electrons. The Kier molecular flexibility index (Phi) is 8.66. The van der Waals surface area contributed by atoms with Crippen LogP contribution in [0, 0.1) is 5.92 Å². The van der Waals surface area contributed by atoms with Crippen molar-refractivity contribution in [3.63, 3.8) is 0 Å². The van der Waals surface area contributed by atoms with E-state index in [1.807, 2.05) is 73.6 Å². The maximum Gasteiger partial charge on any atom is 0.290 e. The number of amides is 1. The quantitative estimate of drug-likeness (QED) is 0.492. The van der Waals surface area contributed by atoms with Crippen LogP contribution in [0.3, 0.4) is 0 Å². The first-order valence-electron chi connectivity index (χ1n) is 11.7. The second-order valence-electron chi connectivity index (χ2n) is 9.18. The molecule has 6 nitrogen and oxygen atoms in total. The van der Waals surface area contributed by atoms with Gasteiger partial charge >= 0.3 is 0 Å². The summed E-state index contributed by atoms with van der Waals surface area (Å²) < 4.78 is 5.92. The summed E-state index contributed by atoms with van der Waals surface area (Å²) in [6.45, 7) is 5.84. The molecule has 0 spiro atoms. The van der Waals surface area contributed by atoms with E-state index in [2.05, 4.69) is 13.8 Å². The first-order chi connectivity index (χ1) is 16.3. The highest BCUT2D eigenvalue weighted by molar-refractivity contribution is 6.14. The maximum atomic E-state index is 13.2. The standard InChI is InChI=1S/C28H34N2O4/c1-20(2)15-18-34-23-12-8-11-22(19-23)26-25(24(31)14-13-21-9-6-5-7-10-21)27(32)28(33)30(26)17-16-29(3)4/h5-14,19-20,26,32H,15-18H2,1-4H3/b14-13+. The monoisotopic (exact) mass is 462 g/mol. The smallest absolute Gasteiger partial charge is 0.290 e. The lowest BCUT2D eigenvalue weighted by molar-refractivity contribution is -0.129. The first kappa shape index (κ1) is 25.2. The number of ketones is 1. The average molecular weight is 463 g/mol. The van der Waals surface area contributed by atoms with Crippen LogP contribution in [0.15, 0.2) is 72.0 Å². The van der Waals surface area contributed by atoms with Gasteiger partial charge in [-0.15, -0.1) is 0 Å². The Balaban J connectivity index is 1.93. The van der Waals surface area contributed by atoms with Gasteiger partial charge in [0, 0.05) is 13.1 Å². The minimum atomic E-state index is -0.686. The molecule has 1 aliphatic rings. The molecule has 0 aromatic heterocycles. The van der Waals surface area contributed by atoms with E-state index in [1.165, 1.54) is 6.08 Å². The van der Waals surface area contributed by atoms with Crippen LogP contribution in [0.2, 0.25) is 0 Å². The van der Waals surface area contributed by atoms with Crippen LogP contribution in [0.4, 0.5) is 0 Å². The number of allylic oxidation sites excluding steroid dienone is 1. The molecule has 34 heavy (non-hydrogen) atoms. The summed E-state index contributed by atoms with van der Waals surface area (Å²) in [5.74, 6) is -0.209. The zero-order valence-corrected chi connectivity index (χ0v) is 20.4. The number of carbonyl (C=O) groups is 2. The van der Waals surface area contributed by atoms with Crippen molar-refractivity contribution in [1.82, 2.24) is 9.80 Å². The summed E-state index contributed by atoms with van der Waals surface area (Å²) in [4.78, 5) is 29.8. The number of benzene rings is 2. The molecular weight excluding hydrogens is 428 g/mol. The molecule has 2 aromatic carbocycles. The fraction of sp³-hybridized carbons (Fsp3) is 0.357. The van der Waals surface area contributed by atoms with Crippen LogP contribution in [-0.4, -0.2) is 60.4 Å². The van der Waals surface area contributed by atoms with Gasteiger partial charge in [-0.25, -0.2) is 0 Å². The Labute approximate surface area is 202 Å². The summed E-state index contributed by atoms with van der Waals surface area (Å²) in [6.07, 6.45) is 4.04. The second kappa shape index (κ2) is 11.7. The largest absolute Gasteiger partial charge is 0.503 e. The van der Waals surface area contributed by atoms with Crippen LogP contribution in [0.1, 0.15) is 37.4 Å². The Morgan fingerprint density at radius 2 is 1.88 bits per heavy atom. The van der Waals surface area contributed by atoms with Crippen LogP contribution in [-0.2, 0) is 9.59 Å². The third-order valence-corrected chi connectivity index (χ3v) is 5.72. The maximum absolute atomic E-state index is 13.2. The Hall–Kier alpha value is -3.38. The molecule has 2 aromatic rings. The number of aliphatic hydroxyl groups excluding tert-OH is 1. The molecule has 1 amide bonds. The highest BCUT2D eigenvalue weighted by Crippen LogP contribution is 2.38. The normalized spacial score (nSPS) is 16.4. The van der Waals surface area contributed by atoms with Crippen LogP contribution in [0.25, 0.3) is 6.08 Å². The van der Waals surface area contributed by atoms with Gasteiger partial charge in [-0.3, -0.25) is 9.59 Å². The zero-order chi connectivity index (χ0) is 24.7. The highest BCUT2D eigenvalue weighted by atomic mass is 16.5. The van der Waals surface area contributed by atoms with Gasteiger partial charge < -0.3 is 19.6 Å². The molecule has 0 fully saturated rings. The van der Waals surface area contributed by atoms with Gasteiger partial charge in [-0.2, -0.15) is 0 Å². The molecule has 1 atom stereocenters. The van der Waals surface area contributed by atoms with Gasteiger partial charge in [0.2, 0.25) is 0 Å². The number of aliphatic hydroxyl groups is 1. The van der Waals surface area contributed by atoms with Crippen molar-refractivity contribution < 1.29 is 19.4 Å². The fourth-order valence-electron chi connectivity index (χ4n) is 3.80. The molecule has 0 saturated heterocycles. The van der Waals surface area contributed by atoms with Gasteiger partial charge in [0.25, 0.3) is 5.91 Å². The number of rotatable bonds is 11. The summed E-state index contributed by atoms with van der Waals surface area (Å²) >= 11 is 0. The van der Waals surface area contributed by atoms with Gasteiger partial charge in [-0.05, 0) is 55.8 Å². The van der Waals surface area contributed by atoms with Crippen LogP contribution in [0.5, 0.6) is 5.75 Å². The summed E-state index contributed by atoms with van der Waals surface area (Å²) in [5, 5.41) is 10.8. The number of hydrogen-bond acceptors (Lipinski definition) is 5. The number of nitrogens with zero attached hydrogens (tertiary/aromatic N) is 2. The van der Waals surface area contributed by atoms with E-state index in [0.29, 0.717) is 31.4 Å². The first-order valence-corrected chi connectivity index (χ1v) is 11.7. The van der Waals surface area contributed by atoms with E-state index in [0.717, 1.165) is 17.5 Å². The molecule has 1 heterocycles. The van der Waals surface area contributed by atoms with E-state index in [4.69, 9.17) is 4.74 Å². The number of hydrogen-bond donors (Lipinski definition) is 1. The van der Waals surface area contributed by atoms with E-state index in [1.54, 1.807) is 11.0 Å². The van der Waals surface area contributed by atoms with Gasteiger partial charge in [0.1, 0.15) is 5.75 Å². The lowest BCUT2D eigenvalue weighted by Gasteiger charge is -2.28. The minimum Gasteiger partial charge on any atom is -0.503 e. The zero-order valence-electron chi connectivity index (χ0n) is 20.4. The second-order valence-corrected chi connectivity index (χ2v) is 9.18. The van der Waals surface area contributed by atoms with E-state index < -0.39 is 23.5 Å². The van der Waals surface area contributed by atoms with Crippen LogP contribution >= 0.6 is 0 Å². The molecule has 6 heteroatoms. The summed E-state index contributed by atoms with van der Waals surface area (Å²) in [7, 11) is 3.83. The molecule has 0 bridgehead atoms. The lowest BCUT2D eigenvalue weighted by atomic mass is 9.95. The highest BCUT2D eigenvalue weighted by Gasteiger charge is 2.42. The number of likely N-dealkylation sites (N-methyl/N-ethyl adjacent to an activating group) is 1. The van der Waals surface area contributed by atoms with E-state index in [-0.39, 0.29) is 5.57 Å². The molecule has 180 valence electrons. The number of ether oxygens (including phenoxy) is 1. The predicted octanol–water partition coefficient (Wildman–Crippen LogP) is 4.65. The van der Waals surface area contributed by atoms with Crippen molar-refractivity contribution in [1.29, 1.82) is 0 Å². The third kappa shape index (κ3) is 6.35. The van der Waals surface area contributed by atoms with Crippen molar-refractivity contribution in [2.45, 2.75) is 26.3 Å². The minimum absolute atomic E-state index is 0.0928. The van der Waals surface area contributed by atoms with E-state index >= 15 is 0 Å². The topological polar surface area (TPSA) is 70.1 Å². The van der Waals surface area contributed by atoms with Crippen molar-refractivity contribution in [2.24, 2.45) is 5.92 Å². The van der Waals surface area contributed by atoms with Crippen molar-refractivity contribution in [3.8, 4) is 5.75 Å². The molecule has 1 N–H and O–H groups in total. The van der Waals surface area contributed by atoms with Crippen LogP contribution < -0.4 is 4.74 Å². The molecule has 0 aliphatic carbocycles. The van der Waals surface area contributed by atoms with Gasteiger partial charge in [-0.1, -0.05) is 62.4 Å². The van der Waals surface area contributed by atoms with Crippen molar-refractivity contribution in [2.75, 3.05) is 33.8 Å². The molecule has 0 saturated carbocycles. The average Bonchev–Trinajstić information content (AvgIpc) is 3.07. The van der Waals surface area contributed by atoms with Gasteiger partial charge in [0.15, 0.2) is 11.5 Å². The van der Waals surface area contributed by atoms with Crippen molar-refractivity contribution in [3.05, 3.63) is 83.1 Å². The Morgan fingerprint density at radius 1 is 1.15 bits per heavy atom. The molecule has 1 aliphatic heterocycles. The molecular formula is C28H34N2O4. The fourth-order valence-corrected chi connectivity index (χ4v) is 3.80. The van der Waals surface area contributed by atoms with E-state index in [9.17, 15) is 14.7 Å². The van der Waals surface area contributed by atoms with Crippen molar-refractivity contribution >= 4 is 17.8 Å². The Bertz CT molecular complexity index is 1060. The predicted molar refractivity (Wildman–Crippen MR) is 135 cm³/mol. The third-order valence-electron chi connectivity index (χ3n) is 5.72. The number of carbonyl (C=O) groups excluding carboxylic acids is 2. The molecule has 1 unspecified atom stereocenters. The lowest BCUT2D eigenvalue weighted by Crippen LogP contribution is -2.36. The summed E-state index contributed by atoms with van der Waals surface area (Å²) in [5.41, 5.74) is 1.69.